The van der Waals surface area contributed by atoms with Crippen molar-refractivity contribution in [3.63, 3.8) is 0 Å². The van der Waals surface area contributed by atoms with E-state index in [1.165, 1.54) is 41.5 Å². The van der Waals surface area contributed by atoms with Crippen LogP contribution in [-0.4, -0.2) is 17.3 Å². The molecule has 0 aromatic heterocycles. The second-order valence-corrected chi connectivity index (χ2v) is 4.10. The first-order chi connectivity index (χ1) is 9.38. The van der Waals surface area contributed by atoms with E-state index < -0.39 is 0 Å². The Morgan fingerprint density at radius 1 is 0.565 bits per heavy atom. The van der Waals surface area contributed by atoms with Crippen LogP contribution in [0.3, 0.4) is 0 Å². The topological polar surface area (TPSA) is 120 Å². The number of rotatable bonds is 3. The Labute approximate surface area is 160 Å². The SMILES string of the molecule is CC(=O)/C=C(/C)[O-].CC(=O)/C=C(/C)[O-].CC(=O)/C=C(/C)[O-].[Fe+2].[Li+]. The van der Waals surface area contributed by atoms with Crippen LogP contribution in [0.4, 0.5) is 0 Å². The summed E-state index contributed by atoms with van der Waals surface area (Å²) >= 11 is 0. The molecule has 0 N–H and O–H groups in total. The van der Waals surface area contributed by atoms with Gasteiger partial charge in [0, 0.05) is 0 Å². The second kappa shape index (κ2) is 20.7. The van der Waals surface area contributed by atoms with Gasteiger partial charge in [-0.2, -0.15) is 0 Å². The van der Waals surface area contributed by atoms with Gasteiger partial charge in [-0.25, -0.2) is 0 Å². The summed E-state index contributed by atoms with van der Waals surface area (Å²) in [4.78, 5) is 29.9. The van der Waals surface area contributed by atoms with Crippen LogP contribution >= 0.6 is 0 Å². The normalized spacial score (nSPS) is 10.4. The molecule has 0 spiro atoms. The van der Waals surface area contributed by atoms with Gasteiger partial charge in [0.15, 0.2) is 17.3 Å². The van der Waals surface area contributed by atoms with Crippen molar-refractivity contribution < 1.29 is 65.6 Å². The zero-order valence-corrected chi connectivity index (χ0v) is 15.6. The molecule has 23 heavy (non-hydrogen) atoms. The maximum absolute atomic E-state index is 9.98. The molecule has 0 aliphatic heterocycles. The predicted octanol–water partition coefficient (Wildman–Crippen LogP) is -3.48. The van der Waals surface area contributed by atoms with Gasteiger partial charge in [-0.3, -0.25) is 14.4 Å². The number of hydrogen-bond donors (Lipinski definition) is 0. The molecular weight excluding hydrogens is 339 g/mol. The Kier molecular flexibility index (Phi) is 30.1. The van der Waals surface area contributed by atoms with Crippen molar-refractivity contribution in [3.05, 3.63) is 35.5 Å². The summed E-state index contributed by atoms with van der Waals surface area (Å²) in [6.45, 7) is 8.09. The maximum atomic E-state index is 9.98. The molecule has 0 aromatic carbocycles. The van der Waals surface area contributed by atoms with Crippen molar-refractivity contribution >= 4 is 17.3 Å². The standard InChI is InChI=1S/3C5H8O2.Fe.Li/c3*1-4(6)3-5(2)7;;/h3*3,6H,1-2H3;;/q;;;+2;+1/p-3/b3*4-3-;;. The molecule has 0 heterocycles. The minimum absolute atomic E-state index is 0. The van der Waals surface area contributed by atoms with E-state index >= 15 is 0 Å². The first kappa shape index (κ1) is 33.4. The van der Waals surface area contributed by atoms with Gasteiger partial charge in [-0.05, 0) is 39.0 Å². The van der Waals surface area contributed by atoms with Crippen LogP contribution in [0.2, 0.25) is 0 Å². The third-order valence-electron chi connectivity index (χ3n) is 1.22. The molecule has 0 fully saturated rings. The maximum Gasteiger partial charge on any atom is 2.00 e. The molecule has 0 radical (unpaired) electrons. The van der Waals surface area contributed by atoms with Crippen LogP contribution in [-0.2, 0) is 31.5 Å². The van der Waals surface area contributed by atoms with Crippen LogP contribution in [0.5, 0.6) is 0 Å². The van der Waals surface area contributed by atoms with E-state index in [1.54, 1.807) is 0 Å². The Balaban J connectivity index is -0.0000000675. The van der Waals surface area contributed by atoms with Gasteiger partial charge >= 0.3 is 35.9 Å². The zero-order chi connectivity index (χ0) is 17.6. The average Bonchev–Trinajstić information content (AvgIpc) is 2.10. The van der Waals surface area contributed by atoms with E-state index in [4.69, 9.17) is 0 Å². The van der Waals surface area contributed by atoms with Crippen molar-refractivity contribution in [3.8, 4) is 0 Å². The molecule has 0 saturated carbocycles. The molecule has 0 unspecified atom stereocenters. The quantitative estimate of drug-likeness (QED) is 0.293. The average molecular weight is 360 g/mol. The number of carbonyl (C=O) groups excluding carboxylic acids is 3. The Hall–Kier alpha value is -1.25. The molecule has 0 amide bonds. The number of allylic oxidation sites excluding steroid dienone is 6. The predicted molar refractivity (Wildman–Crippen MR) is 73.3 cm³/mol. The summed E-state index contributed by atoms with van der Waals surface area (Å²) in [6.07, 6.45) is 3.17. The van der Waals surface area contributed by atoms with Gasteiger partial charge in [0.1, 0.15) is 0 Å². The van der Waals surface area contributed by atoms with Crippen LogP contribution < -0.4 is 34.2 Å². The second-order valence-electron chi connectivity index (χ2n) is 4.10. The summed E-state index contributed by atoms with van der Waals surface area (Å²) in [6, 6.07) is 0. The van der Waals surface area contributed by atoms with Crippen molar-refractivity contribution in [2.24, 2.45) is 0 Å². The van der Waals surface area contributed by atoms with Crippen molar-refractivity contribution in [2.45, 2.75) is 41.5 Å². The molecule has 6 nitrogen and oxygen atoms in total. The number of carbonyl (C=O) groups is 3. The van der Waals surface area contributed by atoms with Crippen LogP contribution in [0.25, 0.3) is 0 Å². The monoisotopic (exact) mass is 360 g/mol. The first-order valence-electron chi connectivity index (χ1n) is 5.96. The van der Waals surface area contributed by atoms with Gasteiger partial charge in [-0.15, -0.1) is 17.3 Å². The molecule has 0 atom stereocenters. The number of hydrogen-bond acceptors (Lipinski definition) is 6. The molecule has 0 bridgehead atoms. The summed E-state index contributed by atoms with van der Waals surface area (Å²) < 4.78 is 0. The van der Waals surface area contributed by atoms with Gasteiger partial charge in [-0.1, -0.05) is 20.8 Å². The van der Waals surface area contributed by atoms with E-state index in [1.807, 2.05) is 0 Å². The Morgan fingerprint density at radius 2 is 0.696 bits per heavy atom. The summed E-state index contributed by atoms with van der Waals surface area (Å²) in [7, 11) is 0. The van der Waals surface area contributed by atoms with E-state index in [9.17, 15) is 29.7 Å². The van der Waals surface area contributed by atoms with Gasteiger partial charge in [0.2, 0.25) is 0 Å². The molecule has 0 aromatic rings. The molecule has 0 aliphatic carbocycles. The molecule has 126 valence electrons. The van der Waals surface area contributed by atoms with Crippen molar-refractivity contribution in [1.82, 2.24) is 0 Å². The fraction of sp³-hybridized carbons (Fsp3) is 0.400. The van der Waals surface area contributed by atoms with Crippen molar-refractivity contribution in [1.29, 1.82) is 0 Å². The molecule has 0 aliphatic rings. The van der Waals surface area contributed by atoms with Crippen molar-refractivity contribution in [2.75, 3.05) is 0 Å². The Morgan fingerprint density at radius 3 is 0.696 bits per heavy atom. The number of ketones is 3. The minimum atomic E-state index is -0.187. The van der Waals surface area contributed by atoms with Crippen LogP contribution in [0.15, 0.2) is 35.5 Å². The van der Waals surface area contributed by atoms with E-state index in [0.717, 1.165) is 18.2 Å². The molecule has 8 heteroatoms. The van der Waals surface area contributed by atoms with Gasteiger partial charge in [0.25, 0.3) is 0 Å². The summed E-state index contributed by atoms with van der Waals surface area (Å²) in [5, 5.41) is 29.9. The minimum Gasteiger partial charge on any atom is -0.876 e. The van der Waals surface area contributed by atoms with E-state index in [-0.39, 0.29) is 70.6 Å². The van der Waals surface area contributed by atoms with Gasteiger partial charge in [0.05, 0.1) is 0 Å². The first-order valence-corrected chi connectivity index (χ1v) is 5.96. The smallest absolute Gasteiger partial charge is 0.876 e. The molecule has 0 saturated heterocycles. The van der Waals surface area contributed by atoms with Gasteiger partial charge < -0.3 is 15.3 Å². The fourth-order valence-corrected chi connectivity index (χ4v) is 0.859. The fourth-order valence-electron chi connectivity index (χ4n) is 0.859. The van der Waals surface area contributed by atoms with Crippen LogP contribution in [0, 0.1) is 0 Å². The largest absolute Gasteiger partial charge is 2.00 e. The Bertz CT molecular complexity index is 374. The zero-order valence-electron chi connectivity index (χ0n) is 14.5. The molecular formula is C15H21FeLiO6. The van der Waals surface area contributed by atoms with Crippen LogP contribution in [0.1, 0.15) is 41.5 Å². The summed E-state index contributed by atoms with van der Waals surface area (Å²) in [5.74, 6) is -1.12. The molecule has 0 rings (SSSR count). The third-order valence-corrected chi connectivity index (χ3v) is 1.22. The van der Waals surface area contributed by atoms with E-state index in [0.29, 0.717) is 0 Å². The van der Waals surface area contributed by atoms with E-state index in [2.05, 4.69) is 0 Å². The third kappa shape index (κ3) is 63.1. The summed E-state index contributed by atoms with van der Waals surface area (Å²) in [5.41, 5.74) is 0.